The van der Waals surface area contributed by atoms with Gasteiger partial charge in [-0.05, 0) is 31.4 Å². The molecule has 2 fully saturated rings. The summed E-state index contributed by atoms with van der Waals surface area (Å²) in [6, 6.07) is 3.95. The maximum atomic E-state index is 11.9. The molecule has 2 aliphatic heterocycles. The van der Waals surface area contributed by atoms with Crippen molar-refractivity contribution < 1.29 is 18.1 Å². The number of benzene rings is 1. The third-order valence-corrected chi connectivity index (χ3v) is 7.76. The average molecular weight is 417 g/mol. The van der Waals surface area contributed by atoms with Gasteiger partial charge in [0.25, 0.3) is 5.69 Å². The molecule has 27 heavy (non-hydrogen) atoms. The number of nitro groups is 1. The summed E-state index contributed by atoms with van der Waals surface area (Å²) in [6.07, 6.45) is 1.00. The number of nitro benzene ring substituents is 1. The Morgan fingerprint density at radius 3 is 2.70 bits per heavy atom. The molecule has 1 unspecified atom stereocenters. The van der Waals surface area contributed by atoms with Crippen molar-refractivity contribution in [1.29, 1.82) is 0 Å². The second-order valence-corrected chi connectivity index (χ2v) is 9.62. The van der Waals surface area contributed by atoms with Crippen LogP contribution in [0.15, 0.2) is 23.1 Å². The van der Waals surface area contributed by atoms with E-state index < -0.39 is 14.9 Å². The van der Waals surface area contributed by atoms with Crippen molar-refractivity contribution in [1.82, 2.24) is 9.62 Å². The summed E-state index contributed by atoms with van der Waals surface area (Å²) in [5.74, 6) is 2.01. The van der Waals surface area contributed by atoms with Crippen LogP contribution in [0.5, 0.6) is 0 Å². The molecule has 2 aliphatic rings. The van der Waals surface area contributed by atoms with Crippen LogP contribution in [0.1, 0.15) is 6.42 Å². The SMILES string of the molecule is CNS(=O)(=O)c1ccc(NCC2(N3CCOCC3)CCSC2)c([N+](=O)[O-])c1. The number of anilines is 1. The van der Waals surface area contributed by atoms with E-state index in [0.717, 1.165) is 37.1 Å². The van der Waals surface area contributed by atoms with Crippen molar-refractivity contribution in [3.63, 3.8) is 0 Å². The molecule has 2 N–H and O–H groups in total. The predicted octanol–water partition coefficient (Wildman–Crippen LogP) is 1.12. The normalized spacial score (nSPS) is 24.0. The number of hydrogen-bond donors (Lipinski definition) is 2. The van der Waals surface area contributed by atoms with E-state index in [-0.39, 0.29) is 16.1 Å². The van der Waals surface area contributed by atoms with Gasteiger partial charge in [-0.1, -0.05) is 0 Å². The lowest BCUT2D eigenvalue weighted by Gasteiger charge is -2.43. The number of hydrogen-bond acceptors (Lipinski definition) is 8. The Morgan fingerprint density at radius 1 is 1.37 bits per heavy atom. The number of nitrogens with one attached hydrogen (secondary N) is 2. The van der Waals surface area contributed by atoms with Crippen LogP contribution in [0.25, 0.3) is 0 Å². The largest absolute Gasteiger partial charge is 0.379 e. The van der Waals surface area contributed by atoms with Gasteiger partial charge in [0.1, 0.15) is 5.69 Å². The maximum absolute atomic E-state index is 11.9. The number of nitrogens with zero attached hydrogens (tertiary/aromatic N) is 2. The highest BCUT2D eigenvalue weighted by Gasteiger charge is 2.40. The molecule has 0 bridgehead atoms. The Morgan fingerprint density at radius 2 is 2.11 bits per heavy atom. The van der Waals surface area contributed by atoms with E-state index in [1.54, 1.807) is 0 Å². The predicted molar refractivity (Wildman–Crippen MR) is 105 cm³/mol. The molecule has 2 saturated heterocycles. The van der Waals surface area contributed by atoms with Gasteiger partial charge in [-0.3, -0.25) is 15.0 Å². The zero-order valence-corrected chi connectivity index (χ0v) is 16.8. The van der Waals surface area contributed by atoms with Crippen LogP contribution in [-0.4, -0.2) is 75.2 Å². The van der Waals surface area contributed by atoms with Crippen molar-refractivity contribution in [2.75, 3.05) is 56.7 Å². The van der Waals surface area contributed by atoms with E-state index in [1.165, 1.54) is 19.2 Å². The second kappa shape index (κ2) is 8.31. The Bertz CT molecular complexity index is 790. The lowest BCUT2D eigenvalue weighted by molar-refractivity contribution is -0.384. The summed E-state index contributed by atoms with van der Waals surface area (Å²) < 4.78 is 31.5. The van der Waals surface area contributed by atoms with Gasteiger partial charge < -0.3 is 10.1 Å². The summed E-state index contributed by atoms with van der Waals surface area (Å²) in [5.41, 5.74) is 0.0200. The zero-order chi connectivity index (χ0) is 19.5. The van der Waals surface area contributed by atoms with Gasteiger partial charge in [-0.2, -0.15) is 11.8 Å². The van der Waals surface area contributed by atoms with Crippen LogP contribution in [0.3, 0.4) is 0 Å². The highest BCUT2D eigenvalue weighted by atomic mass is 32.2. The number of sulfonamides is 1. The van der Waals surface area contributed by atoms with Crippen LogP contribution in [0, 0.1) is 10.1 Å². The lowest BCUT2D eigenvalue weighted by Crippen LogP contribution is -2.57. The summed E-state index contributed by atoms with van der Waals surface area (Å²) in [4.78, 5) is 13.2. The van der Waals surface area contributed by atoms with Crippen LogP contribution >= 0.6 is 11.8 Å². The van der Waals surface area contributed by atoms with E-state index in [0.29, 0.717) is 25.4 Å². The van der Waals surface area contributed by atoms with Gasteiger partial charge in [0, 0.05) is 37.0 Å². The third kappa shape index (κ3) is 4.37. The molecule has 1 atom stereocenters. The molecule has 1 aromatic rings. The van der Waals surface area contributed by atoms with Gasteiger partial charge in [0.2, 0.25) is 10.0 Å². The van der Waals surface area contributed by atoms with Crippen molar-refractivity contribution >= 4 is 33.2 Å². The molecule has 0 amide bonds. The fourth-order valence-corrected chi connectivity index (χ4v) is 5.72. The van der Waals surface area contributed by atoms with E-state index in [1.807, 2.05) is 11.8 Å². The Kier molecular flexibility index (Phi) is 6.26. The average Bonchev–Trinajstić information content (AvgIpc) is 3.17. The minimum Gasteiger partial charge on any atom is -0.379 e. The summed E-state index contributed by atoms with van der Waals surface area (Å²) in [6.45, 7) is 3.67. The fraction of sp³-hybridized carbons (Fsp3) is 0.625. The molecule has 150 valence electrons. The Balaban J connectivity index is 1.82. The first-order valence-corrected chi connectivity index (χ1v) is 11.4. The van der Waals surface area contributed by atoms with E-state index in [9.17, 15) is 18.5 Å². The fourth-order valence-electron chi connectivity index (χ4n) is 3.49. The van der Waals surface area contributed by atoms with Gasteiger partial charge in [0.15, 0.2) is 0 Å². The van der Waals surface area contributed by atoms with Gasteiger partial charge in [-0.25, -0.2) is 13.1 Å². The van der Waals surface area contributed by atoms with Crippen LogP contribution < -0.4 is 10.0 Å². The van der Waals surface area contributed by atoms with Crippen LogP contribution in [-0.2, 0) is 14.8 Å². The molecule has 9 nitrogen and oxygen atoms in total. The summed E-state index contributed by atoms with van der Waals surface area (Å²) in [7, 11) is -2.46. The number of rotatable bonds is 7. The summed E-state index contributed by atoms with van der Waals surface area (Å²) in [5, 5.41) is 14.7. The van der Waals surface area contributed by atoms with Crippen molar-refractivity contribution in [3.05, 3.63) is 28.3 Å². The number of thioether (sulfide) groups is 1. The van der Waals surface area contributed by atoms with Gasteiger partial charge in [0.05, 0.1) is 23.0 Å². The molecule has 11 heteroatoms. The third-order valence-electron chi connectivity index (χ3n) is 5.12. The van der Waals surface area contributed by atoms with Crippen molar-refractivity contribution in [3.8, 4) is 0 Å². The first-order chi connectivity index (χ1) is 12.9. The monoisotopic (exact) mass is 416 g/mol. The number of morpholine rings is 1. The van der Waals surface area contributed by atoms with E-state index in [4.69, 9.17) is 4.74 Å². The molecule has 2 heterocycles. The van der Waals surface area contributed by atoms with Gasteiger partial charge in [-0.15, -0.1) is 0 Å². The maximum Gasteiger partial charge on any atom is 0.293 e. The molecule has 3 rings (SSSR count). The Labute approximate surface area is 163 Å². The molecule has 0 aromatic heterocycles. The standard InChI is InChI=1S/C16H24N4O5S2/c1-17-27(23,24)13-2-3-14(15(10-13)20(21)22)18-11-16(4-9-26-12-16)19-5-7-25-8-6-19/h2-3,10,17-18H,4-9,11-12H2,1H3. The molecule has 0 saturated carbocycles. The molecule has 0 radical (unpaired) electrons. The minimum absolute atomic E-state index is 0.0714. The molecule has 0 aliphatic carbocycles. The molecule has 1 aromatic carbocycles. The van der Waals surface area contributed by atoms with E-state index >= 15 is 0 Å². The quantitative estimate of drug-likeness (QED) is 0.502. The lowest BCUT2D eigenvalue weighted by atomic mass is 9.95. The van der Waals surface area contributed by atoms with Crippen molar-refractivity contribution in [2.24, 2.45) is 0 Å². The van der Waals surface area contributed by atoms with Crippen molar-refractivity contribution in [2.45, 2.75) is 16.9 Å². The van der Waals surface area contributed by atoms with Gasteiger partial charge >= 0.3 is 0 Å². The second-order valence-electron chi connectivity index (χ2n) is 6.62. The van der Waals surface area contributed by atoms with Crippen LogP contribution in [0.2, 0.25) is 0 Å². The number of ether oxygens (including phenoxy) is 1. The Hall–Kier alpha value is -1.40. The molecular formula is C16H24N4O5S2. The smallest absolute Gasteiger partial charge is 0.293 e. The van der Waals surface area contributed by atoms with E-state index in [2.05, 4.69) is 14.9 Å². The zero-order valence-electron chi connectivity index (χ0n) is 15.1. The topological polar surface area (TPSA) is 114 Å². The first kappa shape index (κ1) is 20.3. The highest BCUT2D eigenvalue weighted by Crippen LogP contribution is 2.35. The highest BCUT2D eigenvalue weighted by molar-refractivity contribution is 7.99. The minimum atomic E-state index is -3.74. The molecule has 0 spiro atoms. The van der Waals surface area contributed by atoms with Crippen LogP contribution in [0.4, 0.5) is 11.4 Å². The summed E-state index contributed by atoms with van der Waals surface area (Å²) >= 11 is 1.89. The molecular weight excluding hydrogens is 392 g/mol. The first-order valence-electron chi connectivity index (χ1n) is 8.74.